The molecule has 0 spiro atoms. The fourth-order valence-corrected chi connectivity index (χ4v) is 1.56. The van der Waals surface area contributed by atoms with E-state index in [0.717, 1.165) is 31.0 Å². The maximum Gasteiger partial charge on any atom is 0.332 e. The lowest BCUT2D eigenvalue weighted by molar-refractivity contribution is -0.137. The number of nitrogens with one attached hydrogen (secondary N) is 1. The number of rotatable bonds is 2. The van der Waals surface area contributed by atoms with Crippen LogP contribution in [0.5, 0.6) is 0 Å². The summed E-state index contributed by atoms with van der Waals surface area (Å²) in [6.07, 6.45) is 4.87. The van der Waals surface area contributed by atoms with Gasteiger partial charge in [0.25, 0.3) is 0 Å². The predicted molar refractivity (Wildman–Crippen MR) is 55.7 cm³/mol. The molecule has 1 unspecified atom stereocenters. The molecule has 1 heterocycles. The smallest absolute Gasteiger partial charge is 0.332 e. The van der Waals surface area contributed by atoms with E-state index in [2.05, 4.69) is 12.2 Å². The molecule has 1 N–H and O–H groups in total. The van der Waals surface area contributed by atoms with E-state index in [1.807, 2.05) is 6.92 Å². The second-order valence-electron chi connectivity index (χ2n) is 3.78. The van der Waals surface area contributed by atoms with Gasteiger partial charge in [0, 0.05) is 18.3 Å². The molecule has 3 heteroatoms. The van der Waals surface area contributed by atoms with Gasteiger partial charge in [-0.2, -0.15) is 0 Å². The van der Waals surface area contributed by atoms with E-state index in [-0.39, 0.29) is 5.97 Å². The molecule has 80 valence electrons. The molecule has 0 amide bonds. The van der Waals surface area contributed by atoms with Crippen molar-refractivity contribution in [3.8, 4) is 0 Å². The first-order valence-electron chi connectivity index (χ1n) is 5.33. The molecule has 1 aliphatic heterocycles. The minimum absolute atomic E-state index is 0.232. The van der Waals surface area contributed by atoms with Gasteiger partial charge in [0.15, 0.2) is 0 Å². The van der Waals surface area contributed by atoms with Gasteiger partial charge in [0.05, 0.1) is 6.61 Å². The van der Waals surface area contributed by atoms with Crippen molar-refractivity contribution >= 4 is 5.97 Å². The van der Waals surface area contributed by atoms with Crippen LogP contribution in [0, 0.1) is 5.92 Å². The maximum absolute atomic E-state index is 11.2. The number of hydrogen-bond donors (Lipinski definition) is 1. The van der Waals surface area contributed by atoms with Crippen LogP contribution in [0.25, 0.3) is 0 Å². The Morgan fingerprint density at radius 2 is 2.43 bits per heavy atom. The molecule has 1 rings (SSSR count). The van der Waals surface area contributed by atoms with Crippen molar-refractivity contribution in [3.63, 3.8) is 0 Å². The monoisotopic (exact) mass is 197 g/mol. The van der Waals surface area contributed by atoms with Gasteiger partial charge in [-0.1, -0.05) is 6.92 Å². The van der Waals surface area contributed by atoms with E-state index in [9.17, 15) is 4.79 Å². The van der Waals surface area contributed by atoms with Gasteiger partial charge in [-0.15, -0.1) is 0 Å². The van der Waals surface area contributed by atoms with Crippen LogP contribution in [0.4, 0.5) is 0 Å². The summed E-state index contributed by atoms with van der Waals surface area (Å²) in [4.78, 5) is 11.2. The van der Waals surface area contributed by atoms with Crippen molar-refractivity contribution in [1.82, 2.24) is 5.32 Å². The molecule has 1 fully saturated rings. The van der Waals surface area contributed by atoms with Crippen LogP contribution >= 0.6 is 0 Å². The second kappa shape index (κ2) is 5.68. The van der Waals surface area contributed by atoms with E-state index in [1.54, 1.807) is 6.08 Å². The lowest BCUT2D eigenvalue weighted by Gasteiger charge is -2.05. The Balaban J connectivity index is 2.46. The van der Waals surface area contributed by atoms with Crippen molar-refractivity contribution < 1.29 is 9.53 Å². The van der Waals surface area contributed by atoms with E-state index in [0.29, 0.717) is 6.61 Å². The molecule has 1 aliphatic rings. The Hall–Kier alpha value is -0.990. The summed E-state index contributed by atoms with van der Waals surface area (Å²) in [7, 11) is 0. The summed E-state index contributed by atoms with van der Waals surface area (Å²) in [6.45, 7) is 5.47. The Labute approximate surface area is 85.5 Å². The third-order valence-electron chi connectivity index (χ3n) is 2.47. The molecular formula is C11H19NO2. The highest BCUT2D eigenvalue weighted by molar-refractivity contribution is 5.82. The summed E-state index contributed by atoms with van der Waals surface area (Å²) in [5.41, 5.74) is 1.02. The number of carbonyl (C=O) groups is 1. The second-order valence-corrected chi connectivity index (χ2v) is 3.78. The molecule has 14 heavy (non-hydrogen) atoms. The van der Waals surface area contributed by atoms with Crippen LogP contribution in [0.15, 0.2) is 11.8 Å². The normalized spacial score (nSPS) is 25.3. The molecule has 0 bridgehead atoms. The predicted octanol–water partition coefficient (Wildman–Crippen LogP) is 1.84. The SMILES string of the molecule is CCOC(=O)/C=C1/CCC(C)CCN1. The summed E-state index contributed by atoms with van der Waals surface area (Å²) >= 11 is 0. The van der Waals surface area contributed by atoms with Crippen LogP contribution in [0.2, 0.25) is 0 Å². The minimum Gasteiger partial charge on any atom is -0.463 e. The van der Waals surface area contributed by atoms with Crippen LogP contribution in [0.1, 0.15) is 33.1 Å². The van der Waals surface area contributed by atoms with Gasteiger partial charge in [-0.25, -0.2) is 4.79 Å². The third kappa shape index (κ3) is 3.81. The standard InChI is InChI=1S/C11H19NO2/c1-3-14-11(13)8-10-5-4-9(2)6-7-12-10/h8-9,12H,3-7H2,1-2H3/b10-8-. The first-order chi connectivity index (χ1) is 6.72. The van der Waals surface area contributed by atoms with Crippen molar-refractivity contribution in [2.75, 3.05) is 13.2 Å². The van der Waals surface area contributed by atoms with E-state index >= 15 is 0 Å². The molecule has 0 saturated carbocycles. The van der Waals surface area contributed by atoms with Gasteiger partial charge in [-0.3, -0.25) is 0 Å². The summed E-state index contributed by atoms with van der Waals surface area (Å²) in [5.74, 6) is 0.514. The first kappa shape index (κ1) is 11.1. The number of allylic oxidation sites excluding steroid dienone is 1. The number of carbonyl (C=O) groups excluding carboxylic acids is 1. The number of hydrogen-bond acceptors (Lipinski definition) is 3. The lowest BCUT2D eigenvalue weighted by Crippen LogP contribution is -2.14. The van der Waals surface area contributed by atoms with Crippen molar-refractivity contribution in [2.45, 2.75) is 33.1 Å². The Morgan fingerprint density at radius 3 is 3.14 bits per heavy atom. The summed E-state index contributed by atoms with van der Waals surface area (Å²) in [6, 6.07) is 0. The lowest BCUT2D eigenvalue weighted by atomic mass is 10.0. The average molecular weight is 197 g/mol. The van der Waals surface area contributed by atoms with Crippen molar-refractivity contribution in [3.05, 3.63) is 11.8 Å². The topological polar surface area (TPSA) is 38.3 Å². The summed E-state index contributed by atoms with van der Waals surface area (Å²) < 4.78 is 4.86. The molecular weight excluding hydrogens is 178 g/mol. The van der Waals surface area contributed by atoms with Crippen LogP contribution < -0.4 is 5.32 Å². The van der Waals surface area contributed by atoms with Gasteiger partial charge in [-0.05, 0) is 32.1 Å². The third-order valence-corrected chi connectivity index (χ3v) is 2.47. The van der Waals surface area contributed by atoms with E-state index in [4.69, 9.17) is 4.74 Å². The van der Waals surface area contributed by atoms with Gasteiger partial charge >= 0.3 is 5.97 Å². The van der Waals surface area contributed by atoms with Crippen molar-refractivity contribution in [1.29, 1.82) is 0 Å². The molecule has 1 atom stereocenters. The highest BCUT2D eigenvalue weighted by Crippen LogP contribution is 2.17. The number of esters is 1. The molecule has 0 radical (unpaired) electrons. The number of ether oxygens (including phenoxy) is 1. The zero-order valence-corrected chi connectivity index (χ0v) is 9.01. The largest absolute Gasteiger partial charge is 0.463 e. The fourth-order valence-electron chi connectivity index (χ4n) is 1.56. The Morgan fingerprint density at radius 1 is 1.64 bits per heavy atom. The quantitative estimate of drug-likeness (QED) is 0.542. The zero-order chi connectivity index (χ0) is 10.4. The van der Waals surface area contributed by atoms with Crippen LogP contribution in [0.3, 0.4) is 0 Å². The van der Waals surface area contributed by atoms with E-state index in [1.165, 1.54) is 6.42 Å². The highest BCUT2D eigenvalue weighted by Gasteiger charge is 2.10. The van der Waals surface area contributed by atoms with Crippen LogP contribution in [-0.2, 0) is 9.53 Å². The van der Waals surface area contributed by atoms with Gasteiger partial charge in [0.1, 0.15) is 0 Å². The van der Waals surface area contributed by atoms with Crippen molar-refractivity contribution in [2.24, 2.45) is 5.92 Å². The average Bonchev–Trinajstić information content (AvgIpc) is 2.32. The molecule has 0 aromatic carbocycles. The summed E-state index contributed by atoms with van der Waals surface area (Å²) in [5, 5.41) is 3.26. The highest BCUT2D eigenvalue weighted by atomic mass is 16.5. The maximum atomic E-state index is 11.2. The van der Waals surface area contributed by atoms with Gasteiger partial charge in [0.2, 0.25) is 0 Å². The first-order valence-corrected chi connectivity index (χ1v) is 5.33. The zero-order valence-electron chi connectivity index (χ0n) is 9.01. The molecule has 3 nitrogen and oxygen atoms in total. The van der Waals surface area contributed by atoms with Gasteiger partial charge < -0.3 is 10.1 Å². The fraction of sp³-hybridized carbons (Fsp3) is 0.727. The minimum atomic E-state index is -0.232. The van der Waals surface area contributed by atoms with Crippen LogP contribution in [-0.4, -0.2) is 19.1 Å². The molecule has 0 aromatic rings. The Kier molecular flexibility index (Phi) is 4.50. The Bertz CT molecular complexity index is 223. The molecule has 1 saturated heterocycles. The molecule has 0 aliphatic carbocycles. The van der Waals surface area contributed by atoms with E-state index < -0.39 is 0 Å². The molecule has 0 aromatic heterocycles.